The van der Waals surface area contributed by atoms with E-state index in [0.29, 0.717) is 0 Å². The van der Waals surface area contributed by atoms with Gasteiger partial charge < -0.3 is 19.1 Å². The number of hydrogen-bond acceptors (Lipinski definition) is 4. The van der Waals surface area contributed by atoms with E-state index in [1.54, 1.807) is 14.2 Å². The van der Waals surface area contributed by atoms with Gasteiger partial charge in [-0.3, -0.25) is 9.59 Å². The highest BCUT2D eigenvalue weighted by Crippen LogP contribution is 2.12. The molecule has 0 aliphatic heterocycles. The van der Waals surface area contributed by atoms with Crippen LogP contribution in [0.25, 0.3) is 0 Å². The van der Waals surface area contributed by atoms with Crippen LogP contribution in [0.15, 0.2) is 0 Å². The van der Waals surface area contributed by atoms with Gasteiger partial charge in [-0.2, -0.15) is 0 Å². The average molecular weight is 266 g/mol. The van der Waals surface area contributed by atoms with Crippen LogP contribution in [0.4, 0.5) is 0 Å². The number of carboxylic acid groups (broad SMARTS) is 2. The van der Waals surface area contributed by atoms with E-state index in [9.17, 15) is 9.59 Å². The van der Waals surface area contributed by atoms with Crippen molar-refractivity contribution in [2.75, 3.05) is 14.2 Å². The summed E-state index contributed by atoms with van der Waals surface area (Å²) in [6.07, 6.45) is 0.551. The van der Waals surface area contributed by atoms with Gasteiger partial charge in [0.15, 0.2) is 0 Å². The molecule has 102 valence electrons. The van der Waals surface area contributed by atoms with Crippen molar-refractivity contribution in [3.05, 3.63) is 0 Å². The Morgan fingerprint density at radius 1 is 1.06 bits per heavy atom. The molecule has 2 N–H and O–H groups in total. The number of rotatable bonds is 7. The van der Waals surface area contributed by atoms with Gasteiger partial charge in [-0.15, -0.1) is 0 Å². The van der Waals surface area contributed by atoms with Gasteiger partial charge in [0.05, 0.1) is 12.8 Å². The molecule has 0 unspecified atom stereocenters. The van der Waals surface area contributed by atoms with Crippen molar-refractivity contribution in [2.24, 2.45) is 0 Å². The van der Waals surface area contributed by atoms with E-state index in [4.69, 9.17) is 19.1 Å². The Hall–Kier alpha value is -0.923. The lowest BCUT2D eigenvalue weighted by molar-refractivity contribution is -0.143. The molecule has 0 saturated heterocycles. The van der Waals surface area contributed by atoms with Gasteiger partial charge in [0.25, 0.3) is 0 Å². The Balaban J connectivity index is 0. The zero-order valence-corrected chi connectivity index (χ0v) is 11.9. The first-order chi connectivity index (χ1) is 7.81. The van der Waals surface area contributed by atoms with Crippen LogP contribution in [-0.4, -0.2) is 44.9 Å². The lowest BCUT2D eigenvalue weighted by atomic mass is 10.3. The molecule has 7 heteroatoms. The first-order valence-corrected chi connectivity index (χ1v) is 7.87. The molecule has 0 aromatic heterocycles. The maximum Gasteiger partial charge on any atom is 0.334 e. The van der Waals surface area contributed by atoms with Crippen molar-refractivity contribution < 1.29 is 28.7 Å². The summed E-state index contributed by atoms with van der Waals surface area (Å²) in [6.45, 7) is 4.22. The molecule has 0 atom stereocenters. The normalized spacial score (nSPS) is 10.4. The SMILES string of the molecule is CCC[Si](C)(OC)OC.O=C(O)CCC(=O)O. The number of hydrogen-bond donors (Lipinski definition) is 2. The quantitative estimate of drug-likeness (QED) is 0.681. The Labute approximate surface area is 103 Å². The van der Waals surface area contributed by atoms with Crippen LogP contribution in [-0.2, 0) is 18.4 Å². The molecule has 0 amide bonds. The monoisotopic (exact) mass is 266 g/mol. The van der Waals surface area contributed by atoms with Crippen molar-refractivity contribution in [1.82, 2.24) is 0 Å². The molecule has 0 aliphatic rings. The second-order valence-corrected chi connectivity index (χ2v) is 7.16. The molecule has 17 heavy (non-hydrogen) atoms. The third-order valence-corrected chi connectivity index (χ3v) is 5.26. The van der Waals surface area contributed by atoms with Crippen LogP contribution in [0.5, 0.6) is 0 Å². The highest BCUT2D eigenvalue weighted by Gasteiger charge is 2.26. The lowest BCUT2D eigenvalue weighted by Gasteiger charge is -2.21. The summed E-state index contributed by atoms with van der Waals surface area (Å²) in [6, 6.07) is 1.08. The minimum atomic E-state index is -1.70. The Kier molecular flexibility index (Phi) is 11.1. The summed E-state index contributed by atoms with van der Waals surface area (Å²) in [5.41, 5.74) is 0. The van der Waals surface area contributed by atoms with E-state index < -0.39 is 20.5 Å². The van der Waals surface area contributed by atoms with Crippen molar-refractivity contribution >= 4 is 20.5 Å². The van der Waals surface area contributed by atoms with Gasteiger partial charge in [0.1, 0.15) is 0 Å². The van der Waals surface area contributed by atoms with E-state index in [0.717, 1.165) is 12.5 Å². The van der Waals surface area contributed by atoms with Gasteiger partial charge in [-0.25, -0.2) is 0 Å². The van der Waals surface area contributed by atoms with Crippen molar-refractivity contribution in [2.45, 2.75) is 38.8 Å². The summed E-state index contributed by atoms with van der Waals surface area (Å²) in [5.74, 6) is -2.15. The maximum atomic E-state index is 9.64. The fourth-order valence-corrected chi connectivity index (χ4v) is 2.44. The maximum absolute atomic E-state index is 9.64. The van der Waals surface area contributed by atoms with E-state index in [1.807, 2.05) is 0 Å². The van der Waals surface area contributed by atoms with E-state index >= 15 is 0 Å². The zero-order chi connectivity index (χ0) is 13.9. The molecule has 0 aromatic carbocycles. The number of carboxylic acids is 2. The Bertz CT molecular complexity index is 213. The van der Waals surface area contributed by atoms with E-state index in [2.05, 4.69) is 13.5 Å². The van der Waals surface area contributed by atoms with Crippen LogP contribution < -0.4 is 0 Å². The Morgan fingerprint density at radius 3 is 1.53 bits per heavy atom. The van der Waals surface area contributed by atoms with Crippen LogP contribution in [0.1, 0.15) is 26.2 Å². The third kappa shape index (κ3) is 13.0. The summed E-state index contributed by atoms with van der Waals surface area (Å²) < 4.78 is 10.5. The third-order valence-electron chi connectivity index (χ3n) is 2.12. The van der Waals surface area contributed by atoms with Gasteiger partial charge in [0, 0.05) is 14.2 Å². The second kappa shape index (κ2) is 10.2. The summed E-state index contributed by atoms with van der Waals surface area (Å²) in [5, 5.41) is 15.8. The molecule has 0 heterocycles. The molecule has 6 nitrogen and oxygen atoms in total. The average Bonchev–Trinajstić information content (AvgIpc) is 2.27. The fourth-order valence-electron chi connectivity index (χ4n) is 0.955. The molecule has 0 radical (unpaired) electrons. The summed E-state index contributed by atoms with van der Waals surface area (Å²) >= 11 is 0. The fraction of sp³-hybridized carbons (Fsp3) is 0.800. The van der Waals surface area contributed by atoms with Crippen LogP contribution in [0, 0.1) is 0 Å². The van der Waals surface area contributed by atoms with Gasteiger partial charge in [0.2, 0.25) is 0 Å². The smallest absolute Gasteiger partial charge is 0.334 e. The molecule has 0 fully saturated rings. The van der Waals surface area contributed by atoms with E-state index in [1.165, 1.54) is 0 Å². The molecule has 0 rings (SSSR count). The van der Waals surface area contributed by atoms with Crippen LogP contribution in [0.2, 0.25) is 12.6 Å². The highest BCUT2D eigenvalue weighted by molar-refractivity contribution is 6.65. The summed E-state index contributed by atoms with van der Waals surface area (Å²) in [4.78, 5) is 19.3. The lowest BCUT2D eigenvalue weighted by Crippen LogP contribution is -2.35. The minimum Gasteiger partial charge on any atom is -0.481 e. The molecule has 0 aliphatic carbocycles. The second-order valence-electron chi connectivity index (χ2n) is 3.58. The molecule has 0 spiro atoms. The van der Waals surface area contributed by atoms with Crippen molar-refractivity contribution in [3.8, 4) is 0 Å². The first kappa shape index (κ1) is 18.4. The van der Waals surface area contributed by atoms with Gasteiger partial charge in [-0.1, -0.05) is 13.3 Å². The summed E-state index contributed by atoms with van der Waals surface area (Å²) in [7, 11) is 1.76. The largest absolute Gasteiger partial charge is 0.481 e. The van der Waals surface area contributed by atoms with E-state index in [-0.39, 0.29) is 12.8 Å². The van der Waals surface area contributed by atoms with Crippen molar-refractivity contribution in [1.29, 1.82) is 0 Å². The Morgan fingerprint density at radius 2 is 1.41 bits per heavy atom. The predicted octanol–water partition coefficient (Wildman–Crippen LogP) is 1.70. The number of aliphatic carboxylic acids is 2. The van der Waals surface area contributed by atoms with Crippen LogP contribution >= 0.6 is 0 Å². The molecular weight excluding hydrogens is 244 g/mol. The topological polar surface area (TPSA) is 93.1 Å². The molecule has 0 aromatic rings. The molecular formula is C10H22O6Si. The number of carbonyl (C=O) groups is 2. The standard InChI is InChI=1S/C6H16O2Si.C4H6O4/c1-5-6-9(4,7-2)8-3;5-3(6)1-2-4(7)8/h5-6H2,1-4H3;1-2H2,(H,5,6)(H,7,8). The zero-order valence-electron chi connectivity index (χ0n) is 10.9. The minimum absolute atomic E-state index is 0.296. The molecule has 0 saturated carbocycles. The van der Waals surface area contributed by atoms with Gasteiger partial charge in [-0.05, 0) is 12.6 Å². The highest BCUT2D eigenvalue weighted by atomic mass is 28.4. The molecule has 0 bridgehead atoms. The predicted molar refractivity (Wildman–Crippen MR) is 65.2 cm³/mol. The van der Waals surface area contributed by atoms with Crippen LogP contribution in [0.3, 0.4) is 0 Å². The van der Waals surface area contributed by atoms with Crippen molar-refractivity contribution in [3.63, 3.8) is 0 Å². The van der Waals surface area contributed by atoms with Gasteiger partial charge >= 0.3 is 20.5 Å². The first-order valence-electron chi connectivity index (χ1n) is 5.35.